The molecule has 0 amide bonds. The van der Waals surface area contributed by atoms with E-state index in [0.29, 0.717) is 18.7 Å². The van der Waals surface area contributed by atoms with Crippen molar-refractivity contribution in [3.63, 3.8) is 0 Å². The summed E-state index contributed by atoms with van der Waals surface area (Å²) >= 11 is 3.41. The van der Waals surface area contributed by atoms with Crippen LogP contribution in [0.1, 0.15) is 28.4 Å². The molecule has 0 aliphatic heterocycles. The van der Waals surface area contributed by atoms with Gasteiger partial charge in [0.05, 0.1) is 24.9 Å². The lowest BCUT2D eigenvalue weighted by atomic mass is 10.1. The van der Waals surface area contributed by atoms with E-state index >= 15 is 0 Å². The molecule has 19 heavy (non-hydrogen) atoms. The number of aromatic nitrogens is 2. The molecule has 1 heterocycles. The summed E-state index contributed by atoms with van der Waals surface area (Å²) in [4.78, 5) is 11.5. The summed E-state index contributed by atoms with van der Waals surface area (Å²) in [6, 6.07) is 8.25. The van der Waals surface area contributed by atoms with Crippen molar-refractivity contribution in [2.75, 3.05) is 6.61 Å². The minimum atomic E-state index is -0.330. The quantitative estimate of drug-likeness (QED) is 0.628. The van der Waals surface area contributed by atoms with Crippen LogP contribution < -0.4 is 0 Å². The Kier molecular flexibility index (Phi) is 4.74. The van der Waals surface area contributed by atoms with E-state index in [2.05, 4.69) is 45.3 Å². The number of esters is 1. The van der Waals surface area contributed by atoms with Crippen molar-refractivity contribution in [2.24, 2.45) is 0 Å². The Labute approximate surface area is 120 Å². The summed E-state index contributed by atoms with van der Waals surface area (Å²) in [6.07, 6.45) is 3.24. The minimum absolute atomic E-state index is 0.330. The van der Waals surface area contributed by atoms with Crippen LogP contribution in [0, 0.1) is 0 Å². The topological polar surface area (TPSA) is 44.1 Å². The SMILES string of the molecule is CCOC(=O)c1cnn(Cc2ccc(CBr)cc2)c1. The highest BCUT2D eigenvalue weighted by atomic mass is 79.9. The van der Waals surface area contributed by atoms with Crippen LogP contribution in [-0.4, -0.2) is 22.4 Å². The number of hydrogen-bond donors (Lipinski definition) is 0. The van der Waals surface area contributed by atoms with E-state index in [1.807, 2.05) is 0 Å². The van der Waals surface area contributed by atoms with Crippen LogP contribution in [0.15, 0.2) is 36.7 Å². The molecule has 0 N–H and O–H groups in total. The van der Waals surface area contributed by atoms with Crippen LogP contribution in [0.4, 0.5) is 0 Å². The number of benzene rings is 1. The lowest BCUT2D eigenvalue weighted by molar-refractivity contribution is 0.0526. The Bertz CT molecular complexity index is 549. The molecule has 0 radical (unpaired) electrons. The summed E-state index contributed by atoms with van der Waals surface area (Å²) in [7, 11) is 0. The van der Waals surface area contributed by atoms with Gasteiger partial charge >= 0.3 is 5.97 Å². The van der Waals surface area contributed by atoms with Crippen LogP contribution >= 0.6 is 15.9 Å². The first-order valence-corrected chi connectivity index (χ1v) is 7.18. The number of carbonyl (C=O) groups is 1. The van der Waals surface area contributed by atoms with E-state index in [1.54, 1.807) is 17.8 Å². The largest absolute Gasteiger partial charge is 0.462 e. The van der Waals surface area contributed by atoms with Crippen molar-refractivity contribution >= 4 is 21.9 Å². The highest BCUT2D eigenvalue weighted by Crippen LogP contribution is 2.10. The predicted octanol–water partition coefficient (Wildman–Crippen LogP) is 3.00. The second kappa shape index (κ2) is 6.52. The smallest absolute Gasteiger partial charge is 0.341 e. The monoisotopic (exact) mass is 322 g/mol. The Hall–Kier alpha value is -1.62. The van der Waals surface area contributed by atoms with Gasteiger partial charge in [-0.15, -0.1) is 0 Å². The number of halogens is 1. The molecule has 100 valence electrons. The molecule has 5 heteroatoms. The van der Waals surface area contributed by atoms with Gasteiger partial charge in [0.15, 0.2) is 0 Å². The second-order valence-corrected chi connectivity index (χ2v) is 4.66. The van der Waals surface area contributed by atoms with Gasteiger partial charge < -0.3 is 4.74 Å². The summed E-state index contributed by atoms with van der Waals surface area (Å²) < 4.78 is 6.66. The third-order valence-corrected chi connectivity index (χ3v) is 3.31. The average Bonchev–Trinajstić information content (AvgIpc) is 2.88. The molecule has 0 saturated carbocycles. The number of carbonyl (C=O) groups excluding carboxylic acids is 1. The maximum atomic E-state index is 11.5. The maximum Gasteiger partial charge on any atom is 0.341 e. The molecule has 2 aromatic rings. The normalized spacial score (nSPS) is 10.4. The van der Waals surface area contributed by atoms with Gasteiger partial charge in [-0.1, -0.05) is 40.2 Å². The summed E-state index contributed by atoms with van der Waals surface area (Å²) in [5, 5.41) is 5.01. The maximum absolute atomic E-state index is 11.5. The Balaban J connectivity index is 2.04. The highest BCUT2D eigenvalue weighted by molar-refractivity contribution is 9.08. The van der Waals surface area contributed by atoms with Crippen LogP contribution in [0.3, 0.4) is 0 Å². The highest BCUT2D eigenvalue weighted by Gasteiger charge is 2.09. The van der Waals surface area contributed by atoms with Crippen molar-refractivity contribution in [3.05, 3.63) is 53.3 Å². The van der Waals surface area contributed by atoms with Crippen LogP contribution in [0.2, 0.25) is 0 Å². The van der Waals surface area contributed by atoms with Crippen molar-refractivity contribution in [1.29, 1.82) is 0 Å². The third-order valence-electron chi connectivity index (χ3n) is 2.67. The first-order chi connectivity index (χ1) is 9.22. The van der Waals surface area contributed by atoms with Gasteiger partial charge in [0, 0.05) is 11.5 Å². The Morgan fingerprint density at radius 3 is 2.63 bits per heavy atom. The van der Waals surface area contributed by atoms with Crippen molar-refractivity contribution in [3.8, 4) is 0 Å². The van der Waals surface area contributed by atoms with Gasteiger partial charge in [0.1, 0.15) is 0 Å². The first-order valence-electron chi connectivity index (χ1n) is 6.06. The van der Waals surface area contributed by atoms with Gasteiger partial charge in [0.2, 0.25) is 0 Å². The van der Waals surface area contributed by atoms with Gasteiger partial charge in [-0.05, 0) is 18.1 Å². The van der Waals surface area contributed by atoms with Crippen LogP contribution in [0.25, 0.3) is 0 Å². The van der Waals surface area contributed by atoms with Gasteiger partial charge in [-0.25, -0.2) is 4.79 Å². The van der Waals surface area contributed by atoms with E-state index in [9.17, 15) is 4.79 Å². The minimum Gasteiger partial charge on any atom is -0.462 e. The fourth-order valence-electron chi connectivity index (χ4n) is 1.69. The molecule has 0 saturated heterocycles. The molecule has 4 nitrogen and oxygen atoms in total. The fraction of sp³-hybridized carbons (Fsp3) is 0.286. The Morgan fingerprint density at radius 1 is 1.32 bits per heavy atom. The van der Waals surface area contributed by atoms with E-state index in [0.717, 1.165) is 10.9 Å². The van der Waals surface area contributed by atoms with E-state index in [1.165, 1.54) is 11.8 Å². The lowest BCUT2D eigenvalue weighted by Gasteiger charge is -2.03. The molecular formula is C14H15BrN2O2. The second-order valence-electron chi connectivity index (χ2n) is 4.10. The lowest BCUT2D eigenvalue weighted by Crippen LogP contribution is -2.04. The molecule has 0 atom stereocenters. The molecule has 2 rings (SSSR count). The standard InChI is InChI=1S/C14H15BrN2O2/c1-2-19-14(18)13-8-16-17(10-13)9-12-5-3-11(7-15)4-6-12/h3-6,8,10H,2,7,9H2,1H3. The van der Waals surface area contributed by atoms with Gasteiger partial charge in [0.25, 0.3) is 0 Å². The summed E-state index contributed by atoms with van der Waals surface area (Å²) in [5.41, 5.74) is 2.86. The number of nitrogens with zero attached hydrogens (tertiary/aromatic N) is 2. The van der Waals surface area contributed by atoms with Crippen molar-refractivity contribution in [1.82, 2.24) is 9.78 Å². The molecule has 0 aliphatic carbocycles. The van der Waals surface area contributed by atoms with Gasteiger partial charge in [-0.3, -0.25) is 4.68 Å². The van der Waals surface area contributed by atoms with E-state index in [-0.39, 0.29) is 5.97 Å². The zero-order chi connectivity index (χ0) is 13.7. The third kappa shape index (κ3) is 3.67. The molecule has 1 aromatic heterocycles. The zero-order valence-corrected chi connectivity index (χ0v) is 12.3. The number of alkyl halides is 1. The molecule has 0 aliphatic rings. The molecular weight excluding hydrogens is 308 g/mol. The summed E-state index contributed by atoms with van der Waals surface area (Å²) in [6.45, 7) is 2.80. The molecule has 0 spiro atoms. The molecule has 0 fully saturated rings. The van der Waals surface area contributed by atoms with Crippen LogP contribution in [-0.2, 0) is 16.6 Å². The molecule has 0 unspecified atom stereocenters. The summed E-state index contributed by atoms with van der Waals surface area (Å²) in [5.74, 6) is -0.330. The fourth-order valence-corrected chi connectivity index (χ4v) is 2.06. The number of hydrogen-bond acceptors (Lipinski definition) is 3. The van der Waals surface area contributed by atoms with Crippen molar-refractivity contribution in [2.45, 2.75) is 18.8 Å². The van der Waals surface area contributed by atoms with Crippen molar-refractivity contribution < 1.29 is 9.53 Å². The molecule has 0 bridgehead atoms. The van der Waals surface area contributed by atoms with E-state index < -0.39 is 0 Å². The average molecular weight is 323 g/mol. The predicted molar refractivity (Wildman–Crippen MR) is 76.4 cm³/mol. The molecule has 1 aromatic carbocycles. The Morgan fingerprint density at radius 2 is 2.00 bits per heavy atom. The number of rotatable bonds is 5. The van der Waals surface area contributed by atoms with Crippen LogP contribution in [0.5, 0.6) is 0 Å². The van der Waals surface area contributed by atoms with E-state index in [4.69, 9.17) is 4.74 Å². The number of ether oxygens (including phenoxy) is 1. The van der Waals surface area contributed by atoms with Gasteiger partial charge in [-0.2, -0.15) is 5.10 Å². The first kappa shape index (κ1) is 13.8. The zero-order valence-electron chi connectivity index (χ0n) is 10.7.